The lowest BCUT2D eigenvalue weighted by molar-refractivity contribution is -0.115. The number of aryl methyl sites for hydroxylation is 1. The molecule has 0 saturated carbocycles. The van der Waals surface area contributed by atoms with Crippen molar-refractivity contribution in [1.29, 1.82) is 0 Å². The van der Waals surface area contributed by atoms with E-state index in [4.69, 9.17) is 11.6 Å². The minimum Gasteiger partial charge on any atom is -0.302 e. The third-order valence-electron chi connectivity index (χ3n) is 2.91. The molecule has 0 atom stereocenters. The minimum absolute atomic E-state index is 0.0461. The molecule has 0 saturated heterocycles. The van der Waals surface area contributed by atoms with Crippen molar-refractivity contribution >= 4 is 55.5 Å². The van der Waals surface area contributed by atoms with Crippen molar-refractivity contribution in [1.82, 2.24) is 4.98 Å². The maximum absolute atomic E-state index is 11.9. The van der Waals surface area contributed by atoms with E-state index in [1.807, 2.05) is 36.6 Å². The van der Waals surface area contributed by atoms with Gasteiger partial charge in [0.25, 0.3) is 0 Å². The van der Waals surface area contributed by atoms with E-state index in [1.165, 1.54) is 11.3 Å². The van der Waals surface area contributed by atoms with E-state index >= 15 is 0 Å². The topological polar surface area (TPSA) is 42.0 Å². The summed E-state index contributed by atoms with van der Waals surface area (Å²) in [5.74, 6) is -0.0461. The number of benzene rings is 1. The average molecular weight is 323 g/mol. The van der Waals surface area contributed by atoms with Gasteiger partial charge in [0, 0.05) is 9.90 Å². The van der Waals surface area contributed by atoms with Gasteiger partial charge in [-0.05, 0) is 36.1 Å². The standard InChI is InChI=1S/C14H11ClN2OS2/c1-8-10(15)4-5-11-13(8)17-14(20-11)16-12(18)7-9-3-2-6-19-9/h2-6H,7H2,1H3,(H,16,17,18). The number of thiazole rings is 1. The largest absolute Gasteiger partial charge is 0.302 e. The van der Waals surface area contributed by atoms with Crippen LogP contribution in [0.1, 0.15) is 10.4 Å². The molecule has 1 N–H and O–H groups in total. The maximum Gasteiger partial charge on any atom is 0.231 e. The van der Waals surface area contributed by atoms with Gasteiger partial charge in [0.05, 0.1) is 16.6 Å². The Hall–Kier alpha value is -1.43. The molecular formula is C14H11ClN2OS2. The summed E-state index contributed by atoms with van der Waals surface area (Å²) in [7, 11) is 0. The van der Waals surface area contributed by atoms with Gasteiger partial charge in [0.1, 0.15) is 0 Å². The fourth-order valence-electron chi connectivity index (χ4n) is 1.89. The molecule has 3 nitrogen and oxygen atoms in total. The van der Waals surface area contributed by atoms with Crippen molar-refractivity contribution in [3.8, 4) is 0 Å². The molecule has 20 heavy (non-hydrogen) atoms. The quantitative estimate of drug-likeness (QED) is 0.771. The Bertz CT molecular complexity index is 765. The highest BCUT2D eigenvalue weighted by Gasteiger charge is 2.11. The molecule has 0 unspecified atom stereocenters. The molecule has 0 aliphatic heterocycles. The van der Waals surface area contributed by atoms with Gasteiger partial charge in [-0.15, -0.1) is 11.3 Å². The Morgan fingerprint density at radius 2 is 2.25 bits per heavy atom. The molecule has 2 heterocycles. The molecule has 6 heteroatoms. The highest BCUT2D eigenvalue weighted by molar-refractivity contribution is 7.22. The van der Waals surface area contributed by atoms with Gasteiger partial charge in [-0.1, -0.05) is 29.0 Å². The van der Waals surface area contributed by atoms with Crippen molar-refractivity contribution in [2.75, 3.05) is 5.32 Å². The maximum atomic E-state index is 11.9. The van der Waals surface area contributed by atoms with Gasteiger partial charge in [-0.2, -0.15) is 0 Å². The van der Waals surface area contributed by atoms with Crippen LogP contribution in [0.2, 0.25) is 5.02 Å². The third-order valence-corrected chi connectivity index (χ3v) is 5.13. The van der Waals surface area contributed by atoms with Gasteiger partial charge in [-0.3, -0.25) is 4.79 Å². The number of nitrogens with one attached hydrogen (secondary N) is 1. The Labute approximate surface area is 129 Å². The number of hydrogen-bond donors (Lipinski definition) is 1. The molecule has 1 aromatic carbocycles. The van der Waals surface area contributed by atoms with Crippen LogP contribution in [0.15, 0.2) is 29.6 Å². The Kier molecular flexibility index (Phi) is 3.74. The molecular weight excluding hydrogens is 312 g/mol. The minimum atomic E-state index is -0.0461. The summed E-state index contributed by atoms with van der Waals surface area (Å²) in [6, 6.07) is 7.68. The monoisotopic (exact) mass is 322 g/mol. The van der Waals surface area contributed by atoms with Gasteiger partial charge >= 0.3 is 0 Å². The summed E-state index contributed by atoms with van der Waals surface area (Å²) < 4.78 is 1.03. The van der Waals surface area contributed by atoms with E-state index in [2.05, 4.69) is 10.3 Å². The van der Waals surface area contributed by atoms with Crippen molar-refractivity contribution in [2.24, 2.45) is 0 Å². The molecule has 3 rings (SSSR count). The summed E-state index contributed by atoms with van der Waals surface area (Å²) in [6.45, 7) is 1.93. The summed E-state index contributed by atoms with van der Waals surface area (Å²) in [5.41, 5.74) is 1.80. The van der Waals surface area contributed by atoms with Crippen LogP contribution in [0.5, 0.6) is 0 Å². The first-order chi connectivity index (χ1) is 9.63. The number of fused-ring (bicyclic) bond motifs is 1. The Morgan fingerprint density at radius 1 is 1.40 bits per heavy atom. The van der Waals surface area contributed by atoms with Crippen LogP contribution in [-0.2, 0) is 11.2 Å². The number of carbonyl (C=O) groups excluding carboxylic acids is 1. The van der Waals surface area contributed by atoms with Gasteiger partial charge in [-0.25, -0.2) is 4.98 Å². The first-order valence-corrected chi connectivity index (χ1v) is 8.09. The van der Waals surface area contributed by atoms with Crippen LogP contribution in [0, 0.1) is 6.92 Å². The average Bonchev–Trinajstić information content (AvgIpc) is 3.03. The Balaban J connectivity index is 1.81. The number of halogens is 1. The van der Waals surface area contributed by atoms with Gasteiger partial charge in [0.2, 0.25) is 5.91 Å². The normalized spacial score (nSPS) is 10.9. The predicted octanol–water partition coefficient (Wildman–Crippen LogP) is 4.50. The van der Waals surface area contributed by atoms with Crippen LogP contribution in [0.3, 0.4) is 0 Å². The summed E-state index contributed by atoms with van der Waals surface area (Å²) in [6.07, 6.45) is 0.382. The van der Waals surface area contributed by atoms with E-state index in [0.717, 1.165) is 20.7 Å². The first-order valence-electron chi connectivity index (χ1n) is 6.01. The highest BCUT2D eigenvalue weighted by Crippen LogP contribution is 2.31. The number of rotatable bonds is 3. The van der Waals surface area contributed by atoms with E-state index in [9.17, 15) is 4.79 Å². The van der Waals surface area contributed by atoms with E-state index in [0.29, 0.717) is 16.6 Å². The van der Waals surface area contributed by atoms with E-state index < -0.39 is 0 Å². The van der Waals surface area contributed by atoms with E-state index in [-0.39, 0.29) is 5.91 Å². The molecule has 0 fully saturated rings. The fourth-order valence-corrected chi connectivity index (χ4v) is 3.69. The molecule has 0 radical (unpaired) electrons. The second kappa shape index (κ2) is 5.52. The lowest BCUT2D eigenvalue weighted by Crippen LogP contribution is -2.13. The number of thiophene rings is 1. The van der Waals surface area contributed by atoms with E-state index in [1.54, 1.807) is 11.3 Å². The zero-order chi connectivity index (χ0) is 14.1. The van der Waals surface area contributed by atoms with Gasteiger partial charge in [0.15, 0.2) is 5.13 Å². The molecule has 0 spiro atoms. The zero-order valence-corrected chi connectivity index (χ0v) is 13.0. The lowest BCUT2D eigenvalue weighted by Gasteiger charge is -1.99. The number of carbonyl (C=O) groups is 1. The summed E-state index contributed by atoms with van der Waals surface area (Å²) in [5, 5.41) is 6.12. The third kappa shape index (κ3) is 2.70. The second-order valence-electron chi connectivity index (χ2n) is 4.34. The van der Waals surface area contributed by atoms with Gasteiger partial charge < -0.3 is 5.32 Å². The highest BCUT2D eigenvalue weighted by atomic mass is 35.5. The van der Waals surface area contributed by atoms with Crippen LogP contribution >= 0.6 is 34.3 Å². The molecule has 0 bridgehead atoms. The van der Waals surface area contributed by atoms with Crippen molar-refractivity contribution in [3.05, 3.63) is 45.1 Å². The number of amides is 1. The molecule has 0 aliphatic carbocycles. The smallest absolute Gasteiger partial charge is 0.231 e. The van der Waals surface area contributed by atoms with Crippen LogP contribution in [-0.4, -0.2) is 10.9 Å². The zero-order valence-electron chi connectivity index (χ0n) is 10.6. The van der Waals surface area contributed by atoms with Crippen LogP contribution < -0.4 is 5.32 Å². The number of aromatic nitrogens is 1. The summed E-state index contributed by atoms with van der Waals surface area (Å²) in [4.78, 5) is 17.4. The lowest BCUT2D eigenvalue weighted by atomic mass is 10.2. The summed E-state index contributed by atoms with van der Waals surface area (Å²) >= 11 is 9.11. The second-order valence-corrected chi connectivity index (χ2v) is 6.81. The Morgan fingerprint density at radius 3 is 3.00 bits per heavy atom. The van der Waals surface area contributed by atoms with Crippen molar-refractivity contribution in [3.63, 3.8) is 0 Å². The SMILES string of the molecule is Cc1c(Cl)ccc2sc(NC(=O)Cc3cccs3)nc12. The number of hydrogen-bond acceptors (Lipinski definition) is 4. The molecule has 1 amide bonds. The first kappa shape index (κ1) is 13.5. The predicted molar refractivity (Wildman–Crippen MR) is 86.0 cm³/mol. The molecule has 102 valence electrons. The van der Waals surface area contributed by atoms with Crippen molar-refractivity contribution in [2.45, 2.75) is 13.3 Å². The number of nitrogens with zero attached hydrogens (tertiary/aromatic N) is 1. The van der Waals surface area contributed by atoms with Crippen LogP contribution in [0.25, 0.3) is 10.2 Å². The van der Waals surface area contributed by atoms with Crippen molar-refractivity contribution < 1.29 is 4.79 Å². The molecule has 2 aromatic heterocycles. The molecule has 0 aliphatic rings. The fraction of sp³-hybridized carbons (Fsp3) is 0.143. The van der Waals surface area contributed by atoms with Crippen LogP contribution in [0.4, 0.5) is 5.13 Å². The number of anilines is 1. The molecule has 3 aromatic rings.